The van der Waals surface area contributed by atoms with Gasteiger partial charge in [-0.25, -0.2) is 0 Å². The molecule has 3 aliphatic rings. The number of benzene rings is 1. The molecule has 0 N–H and O–H groups in total. The molecule has 0 bridgehead atoms. The van der Waals surface area contributed by atoms with E-state index in [1.165, 1.54) is 102 Å². The number of halogens is 1. The summed E-state index contributed by atoms with van der Waals surface area (Å²) in [5.41, 5.74) is 4.08. The van der Waals surface area contributed by atoms with E-state index in [0.717, 1.165) is 17.0 Å². The average molecular weight is 407 g/mol. The molecule has 4 rings (SSSR count). The van der Waals surface area contributed by atoms with Gasteiger partial charge >= 0.3 is 173 Å². The molecule has 0 aromatic heterocycles. The molecule has 1 aromatic rings. The maximum atomic E-state index is 8.50. The van der Waals surface area contributed by atoms with Crippen LogP contribution in [0.5, 0.6) is 0 Å². The van der Waals surface area contributed by atoms with E-state index in [9.17, 15) is 0 Å². The zero-order valence-electron chi connectivity index (χ0n) is 17.3. The summed E-state index contributed by atoms with van der Waals surface area (Å²) in [4.78, 5) is 0. The first-order chi connectivity index (χ1) is 13.2. The zero-order valence-corrected chi connectivity index (χ0v) is 18.9. The molecule has 0 saturated heterocycles. The van der Waals surface area contributed by atoms with Crippen molar-refractivity contribution in [2.24, 2.45) is 0 Å². The Labute approximate surface area is 172 Å². The van der Waals surface area contributed by atoms with E-state index >= 15 is 0 Å². The summed E-state index contributed by atoms with van der Waals surface area (Å²) in [6.45, 7) is 0. The second kappa shape index (κ2) is 8.75. The van der Waals surface area contributed by atoms with Gasteiger partial charge in [-0.15, -0.1) is 0 Å². The van der Waals surface area contributed by atoms with Crippen LogP contribution < -0.4 is 0 Å². The van der Waals surface area contributed by atoms with Crippen molar-refractivity contribution >= 4 is 17.2 Å². The van der Waals surface area contributed by atoms with Crippen LogP contribution in [-0.4, -0.2) is 17.0 Å². The van der Waals surface area contributed by atoms with Crippen LogP contribution in [0.4, 0.5) is 0 Å². The van der Waals surface area contributed by atoms with Gasteiger partial charge in [-0.05, 0) is 0 Å². The van der Waals surface area contributed by atoms with Crippen LogP contribution in [0.2, 0.25) is 0 Å². The van der Waals surface area contributed by atoms with Gasteiger partial charge in [0.1, 0.15) is 0 Å². The Bertz CT molecular complexity index is 531. The standard InChI is InChI=1S/C25H40ClP/c26-27(23-15-7-2-8-16-23,24-17-9-3-10-18-24,25-19-11-4-12-20-25)21-22-13-5-1-6-14-22/h1,5-6,13-14,23-25H,2-4,7-12,15-21H2. The Morgan fingerprint density at radius 1 is 0.593 bits per heavy atom. The van der Waals surface area contributed by atoms with Gasteiger partial charge in [-0.2, -0.15) is 0 Å². The van der Waals surface area contributed by atoms with Crippen molar-refractivity contribution in [2.45, 2.75) is 119 Å². The van der Waals surface area contributed by atoms with E-state index in [1.54, 1.807) is 5.56 Å². The second-order valence-electron chi connectivity index (χ2n) is 9.93. The molecule has 0 spiro atoms. The van der Waals surface area contributed by atoms with E-state index in [-0.39, 0.29) is 0 Å². The van der Waals surface area contributed by atoms with Crippen molar-refractivity contribution in [1.29, 1.82) is 0 Å². The molecule has 0 unspecified atom stereocenters. The molecule has 0 amide bonds. The summed E-state index contributed by atoms with van der Waals surface area (Å²) < 4.78 is 0. The SMILES string of the molecule is ClP(Cc1ccccc1)(C1CCCCC1)(C1CCCCC1)C1CCCCC1. The Morgan fingerprint density at radius 2 is 0.963 bits per heavy atom. The first kappa shape index (κ1) is 20.2. The van der Waals surface area contributed by atoms with E-state index in [1.807, 2.05) is 0 Å². The van der Waals surface area contributed by atoms with Crippen molar-refractivity contribution < 1.29 is 0 Å². The first-order valence-electron chi connectivity index (χ1n) is 12.0. The second-order valence-corrected chi connectivity index (χ2v) is 17.7. The van der Waals surface area contributed by atoms with Gasteiger partial charge in [0.05, 0.1) is 0 Å². The summed E-state index contributed by atoms with van der Waals surface area (Å²) in [5.74, 6) is -2.38. The van der Waals surface area contributed by atoms with Gasteiger partial charge in [0.2, 0.25) is 0 Å². The van der Waals surface area contributed by atoms with Crippen LogP contribution in [0.1, 0.15) is 102 Å². The molecule has 0 radical (unpaired) electrons. The Morgan fingerprint density at radius 3 is 1.33 bits per heavy atom. The molecule has 1 aromatic carbocycles. The minimum absolute atomic E-state index is 0.845. The Kier molecular flexibility index (Phi) is 6.55. The van der Waals surface area contributed by atoms with E-state index in [2.05, 4.69) is 30.3 Å². The Hall–Kier alpha value is -0.0600. The molecule has 152 valence electrons. The number of rotatable bonds is 5. The molecule has 2 heteroatoms. The summed E-state index contributed by atoms with van der Waals surface area (Å²) in [6.07, 6.45) is 22.8. The third kappa shape index (κ3) is 3.88. The van der Waals surface area contributed by atoms with Gasteiger partial charge in [0.25, 0.3) is 0 Å². The fourth-order valence-corrected chi connectivity index (χ4v) is 17.5. The van der Waals surface area contributed by atoms with Gasteiger partial charge in [-0.3, -0.25) is 0 Å². The summed E-state index contributed by atoms with van der Waals surface area (Å²) in [6, 6.07) is 11.4. The van der Waals surface area contributed by atoms with Crippen molar-refractivity contribution in [3.8, 4) is 0 Å². The average Bonchev–Trinajstić information content (AvgIpc) is 2.76. The summed E-state index contributed by atoms with van der Waals surface area (Å²) in [5, 5.41) is 0. The van der Waals surface area contributed by atoms with Gasteiger partial charge < -0.3 is 0 Å². The fraction of sp³-hybridized carbons (Fsp3) is 0.760. The Balaban J connectivity index is 1.80. The fourth-order valence-electron chi connectivity index (χ4n) is 7.23. The van der Waals surface area contributed by atoms with Crippen LogP contribution in [0.25, 0.3) is 0 Å². The van der Waals surface area contributed by atoms with Gasteiger partial charge in [-0.1, -0.05) is 0 Å². The molecule has 0 atom stereocenters. The molecular formula is C25H40ClP. The molecular weight excluding hydrogens is 367 g/mol. The topological polar surface area (TPSA) is 0 Å². The predicted molar refractivity (Wildman–Crippen MR) is 124 cm³/mol. The van der Waals surface area contributed by atoms with Crippen molar-refractivity contribution in [1.82, 2.24) is 0 Å². The van der Waals surface area contributed by atoms with E-state index < -0.39 is 5.96 Å². The van der Waals surface area contributed by atoms with Crippen LogP contribution in [-0.2, 0) is 6.16 Å². The van der Waals surface area contributed by atoms with E-state index in [0.29, 0.717) is 0 Å². The zero-order chi connectivity index (χ0) is 18.6. The van der Waals surface area contributed by atoms with Crippen molar-refractivity contribution in [3.05, 3.63) is 35.9 Å². The third-order valence-electron chi connectivity index (χ3n) is 8.54. The molecule has 0 aliphatic heterocycles. The van der Waals surface area contributed by atoms with Crippen molar-refractivity contribution in [3.63, 3.8) is 0 Å². The molecule has 3 fully saturated rings. The molecule has 27 heavy (non-hydrogen) atoms. The minimum atomic E-state index is -2.38. The molecule has 0 heterocycles. The summed E-state index contributed by atoms with van der Waals surface area (Å²) >= 11 is 8.50. The van der Waals surface area contributed by atoms with Crippen LogP contribution in [0, 0.1) is 0 Å². The predicted octanol–water partition coefficient (Wildman–Crippen LogP) is 8.89. The molecule has 3 saturated carbocycles. The van der Waals surface area contributed by atoms with Crippen LogP contribution in [0.15, 0.2) is 30.3 Å². The normalized spacial score (nSPS) is 25.7. The first-order valence-corrected chi connectivity index (χ1v) is 15.5. The van der Waals surface area contributed by atoms with Gasteiger partial charge in [0, 0.05) is 0 Å². The van der Waals surface area contributed by atoms with Crippen molar-refractivity contribution in [2.75, 3.05) is 0 Å². The van der Waals surface area contributed by atoms with Gasteiger partial charge in [0.15, 0.2) is 0 Å². The quantitative estimate of drug-likeness (QED) is 0.428. The monoisotopic (exact) mass is 406 g/mol. The molecule has 0 nitrogen and oxygen atoms in total. The third-order valence-corrected chi connectivity index (χ3v) is 18.9. The molecule has 3 aliphatic carbocycles. The van der Waals surface area contributed by atoms with E-state index in [4.69, 9.17) is 11.2 Å². The van der Waals surface area contributed by atoms with Crippen LogP contribution >= 0.6 is 17.2 Å². The number of hydrogen-bond donors (Lipinski definition) is 0. The van der Waals surface area contributed by atoms with Crippen LogP contribution in [0.3, 0.4) is 0 Å². The number of hydrogen-bond acceptors (Lipinski definition) is 0. The summed E-state index contributed by atoms with van der Waals surface area (Å²) in [7, 11) is 0. The maximum absolute atomic E-state index is 8.50.